The molecule has 1 aliphatic carbocycles. The van der Waals surface area contributed by atoms with E-state index >= 15 is 0 Å². The predicted molar refractivity (Wildman–Crippen MR) is 241 cm³/mol. The van der Waals surface area contributed by atoms with Gasteiger partial charge >= 0.3 is 5.69 Å². The Bertz CT molecular complexity index is 2800. The summed E-state index contributed by atoms with van der Waals surface area (Å²) in [6.07, 6.45) is 9.77. The highest BCUT2D eigenvalue weighted by Gasteiger charge is 2.31. The summed E-state index contributed by atoms with van der Waals surface area (Å²) in [7, 11) is -0.845. The molecular formula is C46H48ClN8O6S+. The number of aromatic amines is 1. The van der Waals surface area contributed by atoms with Crippen molar-refractivity contribution in [3.63, 3.8) is 0 Å². The molecule has 0 atom stereocenters. The van der Waals surface area contributed by atoms with Gasteiger partial charge in [0.2, 0.25) is 0 Å². The van der Waals surface area contributed by atoms with Crippen molar-refractivity contribution in [3.05, 3.63) is 142 Å². The van der Waals surface area contributed by atoms with Crippen LogP contribution in [0, 0.1) is 15.5 Å². The van der Waals surface area contributed by atoms with Gasteiger partial charge in [0, 0.05) is 105 Å². The molecule has 2 N–H and O–H groups in total. The lowest BCUT2D eigenvalue weighted by Gasteiger charge is -2.39. The number of amides is 1. The minimum atomic E-state index is -4.59. The fourth-order valence-corrected chi connectivity index (χ4v) is 9.24. The molecule has 0 spiro atoms. The molecule has 2 aliphatic rings. The van der Waals surface area contributed by atoms with Crippen LogP contribution in [0.3, 0.4) is 0 Å². The lowest BCUT2D eigenvalue weighted by molar-refractivity contribution is -0.600. The van der Waals surface area contributed by atoms with Crippen molar-refractivity contribution < 1.29 is 27.4 Å². The van der Waals surface area contributed by atoms with Crippen molar-refractivity contribution in [3.8, 4) is 17.2 Å². The standard InChI is InChI=1S/C46H47ClN8O6S/c1-46(2)17-13-33(40(28-46)31-5-7-34(47)8-6-31)30-52-21-23-53(24-22-52)36-9-11-39(43(26-36)61-37-25-32-14-18-48-44(32)49-29-37)45(56)50-62(59,60)38-10-12-41(42(27-38)55(57)58)54-19-15-35(16-20-54)51(3)4/h5-12,14-16,18-20,25-27,29H,13,17,21-24,28,30H2,1-4H3,(H-,48,49,50,56)/p+1. The van der Waals surface area contributed by atoms with Crippen LogP contribution in [0.5, 0.6) is 11.5 Å². The van der Waals surface area contributed by atoms with Crippen molar-refractivity contribution in [2.45, 2.75) is 38.0 Å². The number of carbonyl (C=O) groups is 1. The van der Waals surface area contributed by atoms with Crippen LogP contribution >= 0.6 is 11.6 Å². The monoisotopic (exact) mass is 875 g/mol. The number of nitrogens with zero attached hydrogens (tertiary/aromatic N) is 6. The Morgan fingerprint density at radius 2 is 1.74 bits per heavy atom. The van der Waals surface area contributed by atoms with Crippen LogP contribution in [0.4, 0.5) is 17.1 Å². The van der Waals surface area contributed by atoms with E-state index in [-0.39, 0.29) is 22.4 Å². The number of hydrogen-bond acceptors (Lipinski definition) is 10. The third-order valence-corrected chi connectivity index (χ3v) is 13.2. The van der Waals surface area contributed by atoms with Gasteiger partial charge in [-0.2, -0.15) is 4.57 Å². The SMILES string of the molecule is CN(C)c1cc[n+](-c2ccc(S(=O)(=O)NC(=O)c3ccc(N4CCN(CC5=C(c6ccc(Cl)cc6)CC(C)(C)CC5)CC4)cc3Oc3cnc4[nH]ccc4c3)cc2[N+](=O)[O-])cc1. The summed E-state index contributed by atoms with van der Waals surface area (Å²) < 4.78 is 37.4. The van der Waals surface area contributed by atoms with Gasteiger partial charge in [0.1, 0.15) is 17.1 Å². The average Bonchev–Trinajstić information content (AvgIpc) is 3.72. The van der Waals surface area contributed by atoms with Gasteiger partial charge in [-0.05, 0) is 78.3 Å². The molecule has 1 amide bonds. The molecule has 6 aromatic rings. The highest BCUT2D eigenvalue weighted by atomic mass is 35.5. The van der Waals surface area contributed by atoms with E-state index in [0.717, 1.165) is 79.8 Å². The van der Waals surface area contributed by atoms with Crippen LogP contribution in [0.25, 0.3) is 22.3 Å². The molecule has 14 nitrogen and oxygen atoms in total. The number of allylic oxidation sites excluding steroid dienone is 1. The smallest absolute Gasteiger partial charge is 0.341 e. The summed E-state index contributed by atoms with van der Waals surface area (Å²) in [5.74, 6) is -0.498. The van der Waals surface area contributed by atoms with Crippen LogP contribution in [0.1, 0.15) is 49.0 Å². The lowest BCUT2D eigenvalue weighted by atomic mass is 9.72. The first kappa shape index (κ1) is 42.4. The molecule has 1 fully saturated rings. The van der Waals surface area contributed by atoms with Crippen LogP contribution < -0.4 is 23.8 Å². The van der Waals surface area contributed by atoms with Gasteiger partial charge in [-0.1, -0.05) is 43.2 Å². The van der Waals surface area contributed by atoms with Gasteiger partial charge < -0.3 is 19.5 Å². The molecule has 3 aromatic carbocycles. The number of sulfonamides is 1. The number of nitro benzene ring substituents is 1. The van der Waals surface area contributed by atoms with E-state index in [1.165, 1.54) is 45.7 Å². The maximum atomic E-state index is 14.0. The summed E-state index contributed by atoms with van der Waals surface area (Å²) in [5.41, 5.74) is 6.32. The summed E-state index contributed by atoms with van der Waals surface area (Å²) in [5, 5.41) is 13.7. The first-order chi connectivity index (χ1) is 29.6. The molecule has 0 unspecified atom stereocenters. The molecule has 4 heterocycles. The lowest BCUT2D eigenvalue weighted by Crippen LogP contribution is -2.47. The third-order valence-electron chi connectivity index (χ3n) is 11.6. The second kappa shape index (κ2) is 17.2. The Hall–Kier alpha value is -6.29. The highest BCUT2D eigenvalue weighted by Crippen LogP contribution is 2.43. The summed E-state index contributed by atoms with van der Waals surface area (Å²) >= 11 is 6.24. The number of rotatable bonds is 12. The second-order valence-electron chi connectivity index (χ2n) is 16.8. The van der Waals surface area contributed by atoms with Crippen LogP contribution in [-0.2, 0) is 10.0 Å². The van der Waals surface area contributed by atoms with Gasteiger partial charge in [0.05, 0.1) is 21.6 Å². The van der Waals surface area contributed by atoms with E-state index in [1.807, 2.05) is 37.2 Å². The van der Waals surface area contributed by atoms with E-state index in [0.29, 0.717) is 11.4 Å². The zero-order valence-electron chi connectivity index (χ0n) is 35.0. The molecule has 0 bridgehead atoms. The van der Waals surface area contributed by atoms with Crippen molar-refractivity contribution in [2.75, 3.05) is 56.6 Å². The van der Waals surface area contributed by atoms with Crippen LogP contribution in [0.2, 0.25) is 5.02 Å². The number of ether oxygens (including phenoxy) is 1. The van der Waals surface area contributed by atoms with E-state index in [1.54, 1.807) is 48.9 Å². The number of halogens is 1. The molecule has 1 saturated heterocycles. The van der Waals surface area contributed by atoms with E-state index in [2.05, 4.69) is 50.5 Å². The van der Waals surface area contributed by atoms with E-state index in [4.69, 9.17) is 16.3 Å². The van der Waals surface area contributed by atoms with Gasteiger partial charge in [0.15, 0.2) is 12.4 Å². The Balaban J connectivity index is 1.03. The number of piperazine rings is 1. The summed E-state index contributed by atoms with van der Waals surface area (Å²) in [4.78, 5) is 39.1. The number of carbonyl (C=O) groups excluding carboxylic acids is 1. The van der Waals surface area contributed by atoms with Gasteiger partial charge in [0.25, 0.3) is 21.6 Å². The van der Waals surface area contributed by atoms with E-state index < -0.39 is 31.4 Å². The molecule has 0 saturated carbocycles. The quantitative estimate of drug-likeness (QED) is 0.0699. The Morgan fingerprint density at radius 1 is 1.00 bits per heavy atom. The maximum absolute atomic E-state index is 14.0. The molecule has 1 aliphatic heterocycles. The summed E-state index contributed by atoms with van der Waals surface area (Å²) in [6.45, 7) is 8.62. The van der Waals surface area contributed by atoms with Crippen molar-refractivity contribution in [1.82, 2.24) is 19.6 Å². The molecule has 16 heteroatoms. The number of hydrogen-bond donors (Lipinski definition) is 2. The zero-order valence-corrected chi connectivity index (χ0v) is 36.5. The number of H-pyrrole nitrogens is 1. The average molecular weight is 876 g/mol. The normalized spacial score (nSPS) is 15.7. The number of aromatic nitrogens is 3. The molecule has 3 aromatic heterocycles. The van der Waals surface area contributed by atoms with Crippen molar-refractivity contribution in [2.24, 2.45) is 5.41 Å². The fourth-order valence-electron chi connectivity index (χ4n) is 8.13. The Labute approximate surface area is 365 Å². The van der Waals surface area contributed by atoms with Crippen molar-refractivity contribution in [1.29, 1.82) is 0 Å². The maximum Gasteiger partial charge on any atom is 0.341 e. The number of benzene rings is 3. The summed E-state index contributed by atoms with van der Waals surface area (Å²) in [6, 6.07) is 23.9. The fraction of sp³-hybridized carbons (Fsp3) is 0.283. The Kier molecular flexibility index (Phi) is 11.8. The number of fused-ring (bicyclic) bond motifs is 1. The second-order valence-corrected chi connectivity index (χ2v) is 18.9. The number of pyridine rings is 2. The first-order valence-corrected chi connectivity index (χ1v) is 22.2. The number of anilines is 2. The number of nitrogens with one attached hydrogen (secondary N) is 2. The molecule has 62 heavy (non-hydrogen) atoms. The minimum absolute atomic E-state index is 0.0466. The van der Waals surface area contributed by atoms with Gasteiger partial charge in [-0.25, -0.2) is 18.1 Å². The molecule has 8 rings (SSSR count). The molecule has 320 valence electrons. The van der Waals surface area contributed by atoms with Crippen LogP contribution in [0.15, 0.2) is 120 Å². The van der Waals surface area contributed by atoms with Crippen molar-refractivity contribution >= 4 is 61.2 Å². The highest BCUT2D eigenvalue weighted by molar-refractivity contribution is 7.90. The Morgan fingerprint density at radius 3 is 2.45 bits per heavy atom. The first-order valence-electron chi connectivity index (χ1n) is 20.4. The molecule has 0 radical (unpaired) electrons. The third kappa shape index (κ3) is 9.29. The zero-order chi connectivity index (χ0) is 43.8. The predicted octanol–water partition coefficient (Wildman–Crippen LogP) is 8.16. The van der Waals surface area contributed by atoms with Crippen LogP contribution in [-0.4, -0.2) is 80.9 Å². The number of nitro groups is 1. The largest absolute Gasteiger partial charge is 0.455 e. The van der Waals surface area contributed by atoms with Gasteiger partial charge in [-0.15, -0.1) is 0 Å². The topological polar surface area (TPSA) is 158 Å². The van der Waals surface area contributed by atoms with Gasteiger partial charge in [-0.3, -0.25) is 19.8 Å². The van der Waals surface area contributed by atoms with E-state index in [9.17, 15) is 23.3 Å². The molecular weight excluding hydrogens is 828 g/mol. The minimum Gasteiger partial charge on any atom is -0.455 e.